The van der Waals surface area contributed by atoms with Gasteiger partial charge in [0.15, 0.2) is 0 Å². The number of nitrogens with zero attached hydrogens (tertiary/aromatic N) is 2. The van der Waals surface area contributed by atoms with Crippen molar-refractivity contribution in [1.29, 1.82) is 0 Å². The number of hydrogen-bond donors (Lipinski definition) is 1. The van der Waals surface area contributed by atoms with Crippen LogP contribution in [0.3, 0.4) is 0 Å². The molecular formula is C12H12FN3S. The van der Waals surface area contributed by atoms with Gasteiger partial charge in [0, 0.05) is 18.0 Å². The lowest BCUT2D eigenvalue weighted by molar-refractivity contribution is 0.624. The van der Waals surface area contributed by atoms with Crippen LogP contribution in [0.1, 0.15) is 5.82 Å². The summed E-state index contributed by atoms with van der Waals surface area (Å²) in [6, 6.07) is 8.28. The quantitative estimate of drug-likeness (QED) is 0.848. The van der Waals surface area contributed by atoms with Gasteiger partial charge in [-0.15, -0.1) is 0 Å². The van der Waals surface area contributed by atoms with E-state index in [0.717, 1.165) is 15.7 Å². The number of nitrogens with one attached hydrogen (secondary N) is 1. The summed E-state index contributed by atoms with van der Waals surface area (Å²) in [6.07, 6.45) is 0. The number of aryl methyl sites for hydroxylation is 1. The highest BCUT2D eigenvalue weighted by atomic mass is 32.2. The summed E-state index contributed by atoms with van der Waals surface area (Å²) in [5, 5.41) is 3.77. The second-order valence-electron chi connectivity index (χ2n) is 3.45. The predicted octanol–water partition coefficient (Wildman–Crippen LogP) is 3.12. The van der Waals surface area contributed by atoms with E-state index in [1.54, 1.807) is 13.1 Å². The first-order valence-electron chi connectivity index (χ1n) is 5.14. The minimum Gasteiger partial charge on any atom is -0.373 e. The van der Waals surface area contributed by atoms with Gasteiger partial charge < -0.3 is 5.32 Å². The SMILES string of the molecule is CNc1cc(Sc2cccc(F)c2)nc(C)n1. The molecule has 17 heavy (non-hydrogen) atoms. The molecule has 0 spiro atoms. The van der Waals surface area contributed by atoms with Crippen molar-refractivity contribution in [3.63, 3.8) is 0 Å². The van der Waals surface area contributed by atoms with Crippen LogP contribution >= 0.6 is 11.8 Å². The Bertz CT molecular complexity index is 531. The Balaban J connectivity index is 2.26. The van der Waals surface area contributed by atoms with Gasteiger partial charge in [-0.05, 0) is 25.1 Å². The highest BCUT2D eigenvalue weighted by molar-refractivity contribution is 7.99. The Morgan fingerprint density at radius 1 is 1.24 bits per heavy atom. The van der Waals surface area contributed by atoms with Gasteiger partial charge in [-0.1, -0.05) is 17.8 Å². The molecule has 0 atom stereocenters. The van der Waals surface area contributed by atoms with Gasteiger partial charge in [0.25, 0.3) is 0 Å². The zero-order chi connectivity index (χ0) is 12.3. The van der Waals surface area contributed by atoms with Crippen LogP contribution in [0.15, 0.2) is 40.3 Å². The molecule has 1 heterocycles. The van der Waals surface area contributed by atoms with E-state index in [4.69, 9.17) is 0 Å². The zero-order valence-electron chi connectivity index (χ0n) is 9.57. The molecule has 0 saturated carbocycles. The molecule has 0 radical (unpaired) electrons. The molecule has 1 N–H and O–H groups in total. The summed E-state index contributed by atoms with van der Waals surface area (Å²) in [6.45, 7) is 1.83. The first-order chi connectivity index (χ1) is 8.17. The lowest BCUT2D eigenvalue weighted by Gasteiger charge is -2.05. The lowest BCUT2D eigenvalue weighted by Crippen LogP contribution is -1.97. The van der Waals surface area contributed by atoms with Crippen LogP contribution in [0.25, 0.3) is 0 Å². The standard InChI is InChI=1S/C12H12FN3S/c1-8-15-11(14-2)7-12(16-8)17-10-5-3-4-9(13)6-10/h3-7H,1-2H3,(H,14,15,16). The Kier molecular flexibility index (Phi) is 3.58. The van der Waals surface area contributed by atoms with E-state index in [1.165, 1.54) is 23.9 Å². The van der Waals surface area contributed by atoms with Gasteiger partial charge >= 0.3 is 0 Å². The summed E-state index contributed by atoms with van der Waals surface area (Å²) in [7, 11) is 1.80. The minimum atomic E-state index is -0.241. The monoisotopic (exact) mass is 249 g/mol. The van der Waals surface area contributed by atoms with Crippen molar-refractivity contribution in [2.24, 2.45) is 0 Å². The fourth-order valence-electron chi connectivity index (χ4n) is 1.37. The molecule has 0 aliphatic heterocycles. The second kappa shape index (κ2) is 5.14. The Morgan fingerprint density at radius 2 is 2.06 bits per heavy atom. The molecule has 0 saturated heterocycles. The number of halogens is 1. The van der Waals surface area contributed by atoms with Gasteiger partial charge in [0.1, 0.15) is 22.5 Å². The molecule has 2 aromatic rings. The molecule has 0 aliphatic carbocycles. The highest BCUT2D eigenvalue weighted by Gasteiger charge is 2.03. The molecule has 1 aromatic heterocycles. The third-order valence-electron chi connectivity index (χ3n) is 2.09. The highest BCUT2D eigenvalue weighted by Crippen LogP contribution is 2.27. The molecule has 88 valence electrons. The molecule has 5 heteroatoms. The largest absolute Gasteiger partial charge is 0.373 e. The van der Waals surface area contributed by atoms with E-state index >= 15 is 0 Å². The molecule has 0 aliphatic rings. The Labute approximate surface area is 103 Å². The van der Waals surface area contributed by atoms with Crippen molar-refractivity contribution in [2.45, 2.75) is 16.8 Å². The molecule has 2 rings (SSSR count). The summed E-state index contributed by atoms with van der Waals surface area (Å²) in [5.41, 5.74) is 0. The van der Waals surface area contributed by atoms with Crippen molar-refractivity contribution < 1.29 is 4.39 Å². The topological polar surface area (TPSA) is 37.8 Å². The average Bonchev–Trinajstić information content (AvgIpc) is 2.28. The molecular weight excluding hydrogens is 237 g/mol. The van der Waals surface area contributed by atoms with Crippen LogP contribution in [0.5, 0.6) is 0 Å². The summed E-state index contributed by atoms with van der Waals surface area (Å²) in [5.74, 6) is 1.21. The summed E-state index contributed by atoms with van der Waals surface area (Å²) >= 11 is 1.41. The van der Waals surface area contributed by atoms with E-state index in [0.29, 0.717) is 5.82 Å². The van der Waals surface area contributed by atoms with Gasteiger partial charge in [-0.25, -0.2) is 14.4 Å². The van der Waals surface area contributed by atoms with E-state index in [2.05, 4.69) is 15.3 Å². The van der Waals surface area contributed by atoms with Gasteiger partial charge in [0.2, 0.25) is 0 Å². The summed E-state index contributed by atoms with van der Waals surface area (Å²) in [4.78, 5) is 9.32. The maximum atomic E-state index is 13.0. The molecule has 0 fully saturated rings. The molecule has 0 amide bonds. The number of aromatic nitrogens is 2. The molecule has 3 nitrogen and oxygen atoms in total. The van der Waals surface area contributed by atoms with Crippen molar-refractivity contribution in [3.05, 3.63) is 42.0 Å². The van der Waals surface area contributed by atoms with Crippen molar-refractivity contribution >= 4 is 17.6 Å². The average molecular weight is 249 g/mol. The van der Waals surface area contributed by atoms with Crippen LogP contribution in [0, 0.1) is 12.7 Å². The van der Waals surface area contributed by atoms with Crippen molar-refractivity contribution in [1.82, 2.24) is 9.97 Å². The van der Waals surface area contributed by atoms with Crippen molar-refractivity contribution in [3.8, 4) is 0 Å². The minimum absolute atomic E-state index is 0.241. The zero-order valence-corrected chi connectivity index (χ0v) is 10.4. The van der Waals surface area contributed by atoms with Crippen LogP contribution in [-0.2, 0) is 0 Å². The van der Waals surface area contributed by atoms with Gasteiger partial charge in [0.05, 0.1) is 0 Å². The van der Waals surface area contributed by atoms with Crippen molar-refractivity contribution in [2.75, 3.05) is 12.4 Å². The van der Waals surface area contributed by atoms with E-state index in [-0.39, 0.29) is 5.82 Å². The third kappa shape index (κ3) is 3.17. The number of hydrogen-bond acceptors (Lipinski definition) is 4. The van der Waals surface area contributed by atoms with E-state index in [9.17, 15) is 4.39 Å². The van der Waals surface area contributed by atoms with E-state index < -0.39 is 0 Å². The van der Waals surface area contributed by atoms with Crippen LogP contribution in [0.4, 0.5) is 10.2 Å². The van der Waals surface area contributed by atoms with Crippen LogP contribution < -0.4 is 5.32 Å². The second-order valence-corrected chi connectivity index (χ2v) is 4.54. The number of anilines is 1. The number of benzene rings is 1. The smallest absolute Gasteiger partial charge is 0.130 e. The Morgan fingerprint density at radius 3 is 2.76 bits per heavy atom. The Hall–Kier alpha value is -1.62. The normalized spacial score (nSPS) is 10.3. The van der Waals surface area contributed by atoms with Crippen LogP contribution in [-0.4, -0.2) is 17.0 Å². The number of rotatable bonds is 3. The lowest BCUT2D eigenvalue weighted by atomic mass is 10.4. The molecule has 0 unspecified atom stereocenters. The molecule has 1 aromatic carbocycles. The van der Waals surface area contributed by atoms with E-state index in [1.807, 2.05) is 19.1 Å². The third-order valence-corrected chi connectivity index (χ3v) is 3.00. The maximum Gasteiger partial charge on any atom is 0.130 e. The fraction of sp³-hybridized carbons (Fsp3) is 0.167. The summed E-state index contributed by atoms with van der Waals surface area (Å²) < 4.78 is 13.0. The molecule has 0 bridgehead atoms. The van der Waals surface area contributed by atoms with Gasteiger partial charge in [-0.2, -0.15) is 0 Å². The van der Waals surface area contributed by atoms with Gasteiger partial charge in [-0.3, -0.25) is 0 Å². The first-order valence-corrected chi connectivity index (χ1v) is 5.96. The fourth-order valence-corrected chi connectivity index (χ4v) is 2.28. The first kappa shape index (κ1) is 11.9. The van der Waals surface area contributed by atoms with Crippen LogP contribution in [0.2, 0.25) is 0 Å². The maximum absolute atomic E-state index is 13.0. The predicted molar refractivity (Wildman–Crippen MR) is 66.8 cm³/mol.